The Kier molecular flexibility index (Phi) is 14.8. The van der Waals surface area contributed by atoms with Gasteiger partial charge in [0.25, 0.3) is 11.7 Å². The van der Waals surface area contributed by atoms with Gasteiger partial charge in [0.1, 0.15) is 45.5 Å². The average Bonchev–Trinajstić information content (AvgIpc) is 3.87. The van der Waals surface area contributed by atoms with Crippen LogP contribution in [0, 0.1) is 30.6 Å². The first-order valence-electron chi connectivity index (χ1n) is 24.5. The van der Waals surface area contributed by atoms with Crippen LogP contribution in [-0.2, 0) is 23.8 Å². The first kappa shape index (κ1) is 52.5. The van der Waals surface area contributed by atoms with Crippen molar-refractivity contribution in [3.63, 3.8) is 0 Å². The number of fused-ring (bicyclic) bond motifs is 13. The maximum atomic E-state index is 15.1. The molecule has 6 N–H and O–H groups in total. The predicted molar refractivity (Wildman–Crippen MR) is 271 cm³/mol. The van der Waals surface area contributed by atoms with Gasteiger partial charge in [0.2, 0.25) is 0 Å². The van der Waals surface area contributed by atoms with Gasteiger partial charge in [-0.2, -0.15) is 0 Å². The van der Waals surface area contributed by atoms with Crippen molar-refractivity contribution in [1.29, 1.82) is 0 Å². The molecule has 5 aliphatic heterocycles. The number of nitrogens with zero attached hydrogens (tertiary/aromatic N) is 2. The van der Waals surface area contributed by atoms with E-state index < -0.39 is 88.7 Å². The van der Waals surface area contributed by atoms with Crippen molar-refractivity contribution in [2.75, 3.05) is 26.6 Å². The second-order valence-corrected chi connectivity index (χ2v) is 20.0. The molecule has 5 bridgehead atoms. The summed E-state index contributed by atoms with van der Waals surface area (Å²) >= 11 is 0. The summed E-state index contributed by atoms with van der Waals surface area (Å²) in [4.78, 5) is 51.8. The topological polar surface area (TPSA) is 236 Å². The lowest BCUT2D eigenvalue weighted by molar-refractivity contribution is -0.160. The number of carbonyl (C=O) groups is 3. The third-order valence-corrected chi connectivity index (χ3v) is 15.1. The van der Waals surface area contributed by atoms with Crippen molar-refractivity contribution in [3.05, 3.63) is 118 Å². The van der Waals surface area contributed by atoms with Crippen molar-refractivity contribution in [2.45, 2.75) is 116 Å². The molecular weight excluding hydrogens is 937 g/mol. The number of aliphatic hydroxyl groups is 2. The van der Waals surface area contributed by atoms with Crippen LogP contribution in [-0.4, -0.2) is 95.3 Å². The Labute approximate surface area is 424 Å². The molecule has 5 heterocycles. The van der Waals surface area contributed by atoms with E-state index in [0.29, 0.717) is 24.3 Å². The Morgan fingerprint density at radius 1 is 0.795 bits per heavy atom. The number of anilines is 1. The van der Waals surface area contributed by atoms with Crippen LogP contribution in [0.3, 0.4) is 0 Å². The minimum absolute atomic E-state index is 0.00422. The van der Waals surface area contributed by atoms with E-state index in [2.05, 4.69) is 15.6 Å². The largest absolute Gasteiger partial charge is 0.507 e. The highest BCUT2D eigenvalue weighted by molar-refractivity contribution is 6.21. The third-order valence-electron chi connectivity index (χ3n) is 15.1. The van der Waals surface area contributed by atoms with Gasteiger partial charge in [-0.25, -0.2) is 4.99 Å². The standard InChI is InChI=1S/C56H66N4O13/c1-27-13-12-14-28(2)54(67)58-46-45-44(59-56(60-45)25-38(34-15-19-36(68-9)20-16-34)57-39(26-56)35-17-21-37(69-10)22-18-35)41-42(50(46)65)49(64)32(6)52-43(41)53(66)55(8,73-52)71-24-23-40(70-11)29(3)51(72-33(7)61)31(5)48(63)30(4)47(27)62/h12-24,27,29-31,38-40,47-48,51,57,59,62-65H,25-26H2,1-11H3/b13-12+,24-23+,28-14-,58-46?/t27-,29+,30+,31-,38-,39+,40-,47-,48-,51+,55-,56?/m0/s1. The molecule has 0 saturated carbocycles. The molecule has 73 heavy (non-hydrogen) atoms. The van der Waals surface area contributed by atoms with Gasteiger partial charge in [-0.15, -0.1) is 0 Å². The number of piperidine rings is 1. The SMILES string of the molecule is COc1ccc([C@@H]2CC3(C[C@H](c4ccc(OC)cc4)N2)N=c2c(c4c5c6c(C)c(O)c4c(O)c2=NC(=O)/C(C)=C\C=C\[C@H](C)[C@H](O)[C@@H](C)[C@H](O)[C@H](C)[C@H](OC(C)=O)[C@H](C)[C@@H](OC)/C=C/O[C@@](C)(O6)C5=O)N3)cc1. The number of nitrogens with one attached hydrogen (secondary N) is 2. The lowest BCUT2D eigenvalue weighted by atomic mass is 9.78. The van der Waals surface area contributed by atoms with Gasteiger partial charge in [0.05, 0.1) is 55.4 Å². The van der Waals surface area contributed by atoms with E-state index in [1.165, 1.54) is 33.3 Å². The van der Waals surface area contributed by atoms with Crippen LogP contribution in [0.25, 0.3) is 10.8 Å². The molecule has 0 aliphatic carbocycles. The molecule has 4 aromatic carbocycles. The van der Waals surface area contributed by atoms with Gasteiger partial charge in [0.15, 0.2) is 5.75 Å². The normalized spacial score (nSPS) is 32.0. The van der Waals surface area contributed by atoms with Gasteiger partial charge in [-0.1, -0.05) is 70.2 Å². The molecule has 1 spiro atoms. The lowest BCUT2D eigenvalue weighted by Gasteiger charge is -2.42. The van der Waals surface area contributed by atoms with E-state index in [9.17, 15) is 30.0 Å². The Morgan fingerprint density at radius 3 is 1.96 bits per heavy atom. The minimum atomic E-state index is -2.03. The number of carbonyl (C=O) groups excluding carboxylic acids is 3. The quantitative estimate of drug-likeness (QED) is 0.0853. The maximum Gasteiger partial charge on any atom is 0.312 e. The van der Waals surface area contributed by atoms with Gasteiger partial charge < -0.3 is 59.5 Å². The molecule has 5 aliphatic rings. The predicted octanol–water partition coefficient (Wildman–Crippen LogP) is 6.88. The Balaban J connectivity index is 1.34. The van der Waals surface area contributed by atoms with Crippen molar-refractivity contribution in [2.24, 2.45) is 33.7 Å². The summed E-state index contributed by atoms with van der Waals surface area (Å²) in [5.74, 6) is -6.16. The number of allylic oxidation sites excluding steroid dienone is 2. The molecule has 12 atom stereocenters. The Bertz CT molecular complexity index is 2970. The van der Waals surface area contributed by atoms with E-state index in [1.807, 2.05) is 48.5 Å². The minimum Gasteiger partial charge on any atom is -0.507 e. The number of rotatable bonds is 6. The Morgan fingerprint density at radius 2 is 1.40 bits per heavy atom. The van der Waals surface area contributed by atoms with Crippen molar-refractivity contribution in [1.82, 2.24) is 5.32 Å². The number of phenolic OH excluding ortho intramolecular Hbond substituents is 2. The van der Waals surface area contributed by atoms with E-state index >= 15 is 4.79 Å². The molecule has 1 fully saturated rings. The number of esters is 1. The zero-order chi connectivity index (χ0) is 52.8. The number of phenols is 2. The van der Waals surface area contributed by atoms with Crippen molar-refractivity contribution < 1.29 is 63.2 Å². The van der Waals surface area contributed by atoms with Gasteiger partial charge in [-0.3, -0.25) is 19.4 Å². The van der Waals surface area contributed by atoms with Gasteiger partial charge >= 0.3 is 11.8 Å². The Hall–Kier alpha value is -6.79. The first-order valence-corrected chi connectivity index (χ1v) is 24.5. The number of hydrogen-bond acceptors (Lipinski definition) is 16. The van der Waals surface area contributed by atoms with Crippen LogP contribution in [0.4, 0.5) is 5.69 Å². The van der Waals surface area contributed by atoms with E-state index in [0.717, 1.165) is 11.1 Å². The zero-order valence-corrected chi connectivity index (χ0v) is 43.1. The molecule has 388 valence electrons. The van der Waals surface area contributed by atoms with Crippen LogP contribution in [0.1, 0.15) is 100 Å². The monoisotopic (exact) mass is 1000 g/mol. The second-order valence-electron chi connectivity index (χ2n) is 20.0. The second kappa shape index (κ2) is 20.6. The summed E-state index contributed by atoms with van der Waals surface area (Å²) in [5, 5.41) is 55.1. The number of Topliss-reactive ketones (excluding diaryl/α,β-unsaturated/α-hetero) is 1. The van der Waals surface area contributed by atoms with E-state index in [-0.39, 0.29) is 61.7 Å². The summed E-state index contributed by atoms with van der Waals surface area (Å²) in [6, 6.07) is 14.7. The molecule has 17 nitrogen and oxygen atoms in total. The molecule has 1 amide bonds. The number of amides is 1. The highest BCUT2D eigenvalue weighted by atomic mass is 16.7. The number of ketones is 1. The van der Waals surface area contributed by atoms with E-state index in [1.54, 1.807) is 74.0 Å². The maximum absolute atomic E-state index is 15.1. The van der Waals surface area contributed by atoms with Crippen molar-refractivity contribution >= 4 is 34.1 Å². The summed E-state index contributed by atoms with van der Waals surface area (Å²) in [6.45, 7) is 12.8. The van der Waals surface area contributed by atoms with Crippen LogP contribution in [0.15, 0.2) is 94.7 Å². The summed E-state index contributed by atoms with van der Waals surface area (Å²) in [5.41, 5.74) is 1.21. The zero-order valence-electron chi connectivity index (χ0n) is 43.1. The molecule has 4 aromatic rings. The molecule has 1 saturated heterocycles. The molecule has 1 unspecified atom stereocenters. The van der Waals surface area contributed by atoms with Crippen LogP contribution in [0.2, 0.25) is 0 Å². The summed E-state index contributed by atoms with van der Waals surface area (Å²) in [6.07, 6.45) is 4.39. The van der Waals surface area contributed by atoms with Crippen LogP contribution >= 0.6 is 0 Å². The summed E-state index contributed by atoms with van der Waals surface area (Å²) in [7, 11) is 4.66. The number of hydrogen-bond donors (Lipinski definition) is 6. The fraction of sp³-hybridized carbons (Fsp3) is 0.446. The highest BCUT2D eigenvalue weighted by Crippen LogP contribution is 2.52. The van der Waals surface area contributed by atoms with E-state index in [4.69, 9.17) is 33.4 Å². The molecule has 0 aromatic heterocycles. The summed E-state index contributed by atoms with van der Waals surface area (Å²) < 4.78 is 35.3. The highest BCUT2D eigenvalue weighted by Gasteiger charge is 2.51. The molecule has 0 radical (unpaired) electrons. The van der Waals surface area contributed by atoms with Gasteiger partial charge in [-0.05, 0) is 55.3 Å². The number of methoxy groups -OCH3 is 3. The number of aliphatic hydroxyl groups excluding tert-OH is 2. The number of benzene rings is 4. The smallest absolute Gasteiger partial charge is 0.312 e. The lowest BCUT2D eigenvalue weighted by Crippen LogP contribution is -2.48. The van der Waals surface area contributed by atoms with Gasteiger partial charge in [0, 0.05) is 86.1 Å². The first-order chi connectivity index (χ1) is 34.7. The molecular formula is C56H66N4O13. The fourth-order valence-corrected chi connectivity index (χ4v) is 10.8. The average molecular weight is 1000 g/mol. The van der Waals surface area contributed by atoms with Crippen LogP contribution in [0.5, 0.6) is 28.7 Å². The molecule has 9 rings (SSSR count). The van der Waals surface area contributed by atoms with Crippen LogP contribution < -0.4 is 35.6 Å². The fourth-order valence-electron chi connectivity index (χ4n) is 10.8. The number of ether oxygens (including phenoxy) is 6. The molecule has 17 heteroatoms. The van der Waals surface area contributed by atoms with Crippen molar-refractivity contribution in [3.8, 4) is 28.7 Å². The number of aromatic hydroxyl groups is 2. The third kappa shape index (κ3) is 9.78.